The van der Waals surface area contributed by atoms with E-state index in [0.717, 1.165) is 10.9 Å². The first-order valence-corrected chi connectivity index (χ1v) is 4.81. The van der Waals surface area contributed by atoms with Crippen molar-refractivity contribution in [3.8, 4) is 0 Å². The molecule has 66 valence electrons. The molecule has 0 aliphatic rings. The summed E-state index contributed by atoms with van der Waals surface area (Å²) in [6.07, 6.45) is 0.725. The van der Waals surface area contributed by atoms with Gasteiger partial charge in [0.1, 0.15) is 0 Å². The second-order valence-corrected chi connectivity index (χ2v) is 3.82. The average Bonchev–Trinajstić information content (AvgIpc) is 2.00. The van der Waals surface area contributed by atoms with Crippen molar-refractivity contribution in [1.29, 1.82) is 0 Å². The van der Waals surface area contributed by atoms with Gasteiger partial charge in [0, 0.05) is 11.1 Å². The van der Waals surface area contributed by atoms with E-state index in [9.17, 15) is 0 Å². The molecule has 0 fully saturated rings. The van der Waals surface area contributed by atoms with Crippen molar-refractivity contribution in [2.45, 2.75) is 20.3 Å². The van der Waals surface area contributed by atoms with Crippen LogP contribution in [0.4, 0.5) is 0 Å². The fourth-order valence-electron chi connectivity index (χ4n) is 1.34. The minimum absolute atomic E-state index is 0.210. The molecule has 1 nitrogen and oxygen atoms in total. The Morgan fingerprint density at radius 3 is 2.58 bits per heavy atom. The summed E-state index contributed by atoms with van der Waals surface area (Å²) in [5, 5.41) is 8.81. The van der Waals surface area contributed by atoms with Crippen molar-refractivity contribution in [3.05, 3.63) is 33.3 Å². The first kappa shape index (κ1) is 9.75. The molecule has 12 heavy (non-hydrogen) atoms. The van der Waals surface area contributed by atoms with E-state index in [1.54, 1.807) is 0 Å². The van der Waals surface area contributed by atoms with Gasteiger partial charge in [0.25, 0.3) is 0 Å². The van der Waals surface area contributed by atoms with Gasteiger partial charge < -0.3 is 5.11 Å². The highest BCUT2D eigenvalue weighted by atomic mass is 79.9. The first-order valence-electron chi connectivity index (χ1n) is 4.01. The molecule has 0 heterocycles. The largest absolute Gasteiger partial charge is 0.396 e. The van der Waals surface area contributed by atoms with Gasteiger partial charge in [0.05, 0.1) is 0 Å². The Morgan fingerprint density at radius 2 is 2.00 bits per heavy atom. The lowest BCUT2D eigenvalue weighted by atomic mass is 10.1. The molecule has 1 aromatic rings. The molecule has 1 aromatic carbocycles. The van der Waals surface area contributed by atoms with Gasteiger partial charge in [-0.3, -0.25) is 0 Å². The Morgan fingerprint density at radius 1 is 1.33 bits per heavy atom. The quantitative estimate of drug-likeness (QED) is 0.826. The summed E-state index contributed by atoms with van der Waals surface area (Å²) in [6.45, 7) is 4.35. The maximum absolute atomic E-state index is 8.81. The van der Waals surface area contributed by atoms with Crippen LogP contribution in [-0.2, 0) is 6.42 Å². The molecule has 1 rings (SSSR count). The van der Waals surface area contributed by atoms with Crippen molar-refractivity contribution in [2.75, 3.05) is 6.61 Å². The summed E-state index contributed by atoms with van der Waals surface area (Å²) in [6, 6.07) is 4.23. The van der Waals surface area contributed by atoms with Gasteiger partial charge in [-0.2, -0.15) is 0 Å². The van der Waals surface area contributed by atoms with Crippen LogP contribution < -0.4 is 0 Å². The van der Waals surface area contributed by atoms with Crippen LogP contribution in [0.25, 0.3) is 0 Å². The zero-order chi connectivity index (χ0) is 9.14. The van der Waals surface area contributed by atoms with Gasteiger partial charge in [-0.25, -0.2) is 0 Å². The van der Waals surface area contributed by atoms with Crippen LogP contribution in [0.1, 0.15) is 16.7 Å². The predicted molar refractivity (Wildman–Crippen MR) is 54.4 cm³/mol. The van der Waals surface area contributed by atoms with Crippen molar-refractivity contribution in [2.24, 2.45) is 0 Å². The van der Waals surface area contributed by atoms with Gasteiger partial charge >= 0.3 is 0 Å². The van der Waals surface area contributed by atoms with Gasteiger partial charge in [0.15, 0.2) is 0 Å². The fourth-order valence-corrected chi connectivity index (χ4v) is 1.77. The molecule has 0 aliphatic carbocycles. The van der Waals surface area contributed by atoms with Crippen LogP contribution in [0.3, 0.4) is 0 Å². The van der Waals surface area contributed by atoms with E-state index in [1.165, 1.54) is 16.7 Å². The normalized spacial score (nSPS) is 10.3. The number of rotatable bonds is 2. The number of benzene rings is 1. The summed E-state index contributed by atoms with van der Waals surface area (Å²) in [5.41, 5.74) is 3.67. The van der Waals surface area contributed by atoms with Crippen LogP contribution in [0, 0.1) is 13.8 Å². The Labute approximate surface area is 81.6 Å². The Hall–Kier alpha value is -0.340. The Bertz CT molecular complexity index is 281. The third-order valence-electron chi connectivity index (χ3n) is 1.86. The van der Waals surface area contributed by atoms with Gasteiger partial charge in [-0.1, -0.05) is 33.6 Å². The maximum atomic E-state index is 8.81. The SMILES string of the molecule is Cc1cc(C)c(Br)c(CCO)c1. The lowest BCUT2D eigenvalue weighted by Gasteiger charge is -2.07. The average molecular weight is 229 g/mol. The third kappa shape index (κ3) is 2.08. The molecule has 0 atom stereocenters. The highest BCUT2D eigenvalue weighted by Gasteiger charge is 2.02. The highest BCUT2D eigenvalue weighted by molar-refractivity contribution is 9.10. The first-order chi connectivity index (χ1) is 5.65. The van der Waals surface area contributed by atoms with Gasteiger partial charge in [-0.05, 0) is 31.4 Å². The summed E-state index contributed by atoms with van der Waals surface area (Å²) < 4.78 is 1.13. The molecule has 1 N–H and O–H groups in total. The van der Waals surface area contributed by atoms with Gasteiger partial charge in [-0.15, -0.1) is 0 Å². The zero-order valence-corrected chi connectivity index (χ0v) is 8.98. The van der Waals surface area contributed by atoms with Crippen molar-refractivity contribution < 1.29 is 5.11 Å². The molecule has 0 aliphatic heterocycles. The molecule has 0 bridgehead atoms. The molecule has 0 spiro atoms. The number of hydrogen-bond donors (Lipinski definition) is 1. The van der Waals surface area contributed by atoms with Gasteiger partial charge in [0.2, 0.25) is 0 Å². The minimum Gasteiger partial charge on any atom is -0.396 e. The van der Waals surface area contributed by atoms with Crippen LogP contribution >= 0.6 is 15.9 Å². The van der Waals surface area contributed by atoms with E-state index in [4.69, 9.17) is 5.11 Å². The van der Waals surface area contributed by atoms with Crippen LogP contribution in [0.15, 0.2) is 16.6 Å². The van der Waals surface area contributed by atoms with E-state index >= 15 is 0 Å². The summed E-state index contributed by atoms with van der Waals surface area (Å²) >= 11 is 3.50. The van der Waals surface area contributed by atoms with E-state index in [2.05, 4.69) is 41.9 Å². The lowest BCUT2D eigenvalue weighted by molar-refractivity contribution is 0.299. The number of aryl methyl sites for hydroxylation is 2. The Kier molecular flexibility index (Phi) is 3.29. The van der Waals surface area contributed by atoms with Crippen LogP contribution in [0.2, 0.25) is 0 Å². The zero-order valence-electron chi connectivity index (χ0n) is 7.39. The highest BCUT2D eigenvalue weighted by Crippen LogP contribution is 2.23. The van der Waals surface area contributed by atoms with Crippen molar-refractivity contribution >= 4 is 15.9 Å². The number of aliphatic hydroxyl groups excluding tert-OH is 1. The number of halogens is 1. The maximum Gasteiger partial charge on any atom is 0.0471 e. The Balaban J connectivity index is 3.09. The van der Waals surface area contributed by atoms with E-state index in [-0.39, 0.29) is 6.61 Å². The lowest BCUT2D eigenvalue weighted by Crippen LogP contribution is -1.94. The molecule has 0 unspecified atom stereocenters. The number of aliphatic hydroxyl groups is 1. The molecular formula is C10H13BrO. The third-order valence-corrected chi connectivity index (χ3v) is 2.99. The van der Waals surface area contributed by atoms with Crippen LogP contribution in [0.5, 0.6) is 0 Å². The smallest absolute Gasteiger partial charge is 0.0471 e. The second-order valence-electron chi connectivity index (χ2n) is 3.03. The molecule has 0 amide bonds. The standard InChI is InChI=1S/C10H13BrO/c1-7-5-8(2)10(11)9(6-7)3-4-12/h5-6,12H,3-4H2,1-2H3. The number of hydrogen-bond acceptors (Lipinski definition) is 1. The summed E-state index contributed by atoms with van der Waals surface area (Å²) in [7, 11) is 0. The van der Waals surface area contributed by atoms with E-state index in [1.807, 2.05) is 0 Å². The van der Waals surface area contributed by atoms with E-state index < -0.39 is 0 Å². The topological polar surface area (TPSA) is 20.2 Å². The molecule has 0 aromatic heterocycles. The van der Waals surface area contributed by atoms with Crippen molar-refractivity contribution in [1.82, 2.24) is 0 Å². The predicted octanol–water partition coefficient (Wildman–Crippen LogP) is 2.60. The monoisotopic (exact) mass is 228 g/mol. The van der Waals surface area contributed by atoms with Crippen molar-refractivity contribution in [3.63, 3.8) is 0 Å². The summed E-state index contributed by atoms with van der Waals surface area (Å²) in [5.74, 6) is 0. The molecular weight excluding hydrogens is 216 g/mol. The second kappa shape index (κ2) is 4.06. The molecule has 0 radical (unpaired) electrons. The van der Waals surface area contributed by atoms with E-state index in [0.29, 0.717) is 0 Å². The molecule has 0 saturated heterocycles. The minimum atomic E-state index is 0.210. The van der Waals surface area contributed by atoms with Crippen LogP contribution in [-0.4, -0.2) is 11.7 Å². The molecule has 0 saturated carbocycles. The summed E-state index contributed by atoms with van der Waals surface area (Å²) in [4.78, 5) is 0. The molecule has 2 heteroatoms. The fraction of sp³-hybridized carbons (Fsp3) is 0.400.